The van der Waals surface area contributed by atoms with Crippen molar-refractivity contribution in [2.24, 2.45) is 0 Å². The predicted octanol–water partition coefficient (Wildman–Crippen LogP) is 1.38. The fourth-order valence-electron chi connectivity index (χ4n) is 3.30. The molecular formula is C15H22Cl2N2O2. The minimum atomic E-state index is -0.766. The Morgan fingerprint density at radius 3 is 2.29 bits per heavy atom. The first-order valence-electron chi connectivity index (χ1n) is 7.20. The summed E-state index contributed by atoms with van der Waals surface area (Å²) in [6.07, 6.45) is 1.09. The molecule has 0 aliphatic carbocycles. The Kier molecular flexibility index (Phi) is 5.52. The molecule has 2 aliphatic heterocycles. The highest BCUT2D eigenvalue weighted by Crippen LogP contribution is 2.34. The summed E-state index contributed by atoms with van der Waals surface area (Å²) in [5.74, 6) is 0. The van der Waals surface area contributed by atoms with Crippen LogP contribution in [0.4, 0.5) is 0 Å². The van der Waals surface area contributed by atoms with Crippen molar-refractivity contribution in [1.82, 2.24) is 10.2 Å². The van der Waals surface area contributed by atoms with Gasteiger partial charge in [0.15, 0.2) is 0 Å². The van der Waals surface area contributed by atoms with Crippen molar-refractivity contribution >= 4 is 24.0 Å². The number of nitrogens with one attached hydrogen (secondary N) is 1. The van der Waals surface area contributed by atoms with Crippen molar-refractivity contribution in [3.05, 3.63) is 34.9 Å². The molecule has 0 bridgehead atoms. The number of hydrogen-bond donors (Lipinski definition) is 3. The zero-order valence-corrected chi connectivity index (χ0v) is 13.4. The number of rotatable bonds is 2. The van der Waals surface area contributed by atoms with Crippen LogP contribution in [0.15, 0.2) is 24.3 Å². The molecule has 21 heavy (non-hydrogen) atoms. The molecule has 3 N–H and O–H groups in total. The molecule has 6 heteroatoms. The van der Waals surface area contributed by atoms with Crippen LogP contribution in [0.2, 0.25) is 5.02 Å². The van der Waals surface area contributed by atoms with Gasteiger partial charge in [0.25, 0.3) is 0 Å². The fraction of sp³-hybridized carbons (Fsp3) is 0.600. The Hall–Kier alpha value is -0.360. The van der Waals surface area contributed by atoms with Crippen molar-refractivity contribution in [2.75, 3.05) is 26.2 Å². The summed E-state index contributed by atoms with van der Waals surface area (Å²) in [5, 5.41) is 24.6. The monoisotopic (exact) mass is 332 g/mol. The van der Waals surface area contributed by atoms with Gasteiger partial charge in [-0.05, 0) is 30.5 Å². The average Bonchev–Trinajstić information content (AvgIpc) is 2.87. The summed E-state index contributed by atoms with van der Waals surface area (Å²) >= 11 is 5.90. The third-order valence-electron chi connectivity index (χ3n) is 4.63. The van der Waals surface area contributed by atoms with E-state index >= 15 is 0 Å². The molecule has 4 nitrogen and oxygen atoms in total. The molecule has 2 fully saturated rings. The lowest BCUT2D eigenvalue weighted by Gasteiger charge is -2.41. The highest BCUT2D eigenvalue weighted by Gasteiger charge is 2.38. The van der Waals surface area contributed by atoms with E-state index in [-0.39, 0.29) is 24.6 Å². The first-order chi connectivity index (χ1) is 9.58. The number of aliphatic hydroxyl groups is 2. The van der Waals surface area contributed by atoms with Crippen molar-refractivity contribution in [3.63, 3.8) is 0 Å². The van der Waals surface area contributed by atoms with Gasteiger partial charge in [0, 0.05) is 37.2 Å². The molecule has 0 spiro atoms. The maximum atomic E-state index is 10.8. The smallest absolute Gasteiger partial charge is 0.0920 e. The number of benzene rings is 1. The second-order valence-electron chi connectivity index (χ2n) is 5.87. The van der Waals surface area contributed by atoms with Gasteiger partial charge in [-0.15, -0.1) is 12.4 Å². The SMILES string of the molecule is Cl.O[C@H]1CNC[C@@H]1N1CCC(O)(c2ccc(Cl)cc2)CC1. The summed E-state index contributed by atoms with van der Waals surface area (Å²) in [6, 6.07) is 7.65. The standard InChI is InChI=1S/C15H21ClN2O2.ClH/c16-12-3-1-11(2-4-12)15(20)5-7-18(8-6-15)13-9-17-10-14(13)19;/h1-4,13-14,17,19-20H,5-10H2;1H/t13-,14-;/m0./s1. The van der Waals surface area contributed by atoms with E-state index < -0.39 is 5.60 Å². The molecule has 2 aliphatic rings. The summed E-state index contributed by atoms with van der Waals surface area (Å²) in [4.78, 5) is 2.29. The van der Waals surface area contributed by atoms with Crippen LogP contribution in [0.25, 0.3) is 0 Å². The minimum absolute atomic E-state index is 0. The van der Waals surface area contributed by atoms with Gasteiger partial charge in [-0.1, -0.05) is 23.7 Å². The van der Waals surface area contributed by atoms with E-state index in [1.165, 1.54) is 0 Å². The normalized spacial score (nSPS) is 29.1. The molecule has 0 unspecified atom stereocenters. The van der Waals surface area contributed by atoms with Gasteiger partial charge >= 0.3 is 0 Å². The largest absolute Gasteiger partial charge is 0.390 e. The van der Waals surface area contributed by atoms with Crippen LogP contribution >= 0.6 is 24.0 Å². The van der Waals surface area contributed by atoms with Gasteiger partial charge in [-0.3, -0.25) is 4.90 Å². The summed E-state index contributed by atoms with van der Waals surface area (Å²) in [7, 11) is 0. The fourth-order valence-corrected chi connectivity index (χ4v) is 3.42. The van der Waals surface area contributed by atoms with Gasteiger partial charge in [0.2, 0.25) is 0 Å². The van der Waals surface area contributed by atoms with Crippen molar-refractivity contribution in [2.45, 2.75) is 30.6 Å². The van der Waals surface area contributed by atoms with E-state index in [1.54, 1.807) is 0 Å². The zero-order chi connectivity index (χ0) is 14.2. The second-order valence-corrected chi connectivity index (χ2v) is 6.30. The Balaban J connectivity index is 0.00000161. The van der Waals surface area contributed by atoms with Crippen molar-refractivity contribution < 1.29 is 10.2 Å². The van der Waals surface area contributed by atoms with Crippen LogP contribution in [-0.4, -0.2) is 53.4 Å². The molecule has 3 rings (SSSR count). The maximum Gasteiger partial charge on any atom is 0.0920 e. The summed E-state index contributed by atoms with van der Waals surface area (Å²) in [6.45, 7) is 3.12. The molecule has 1 aromatic rings. The second kappa shape index (κ2) is 6.82. The van der Waals surface area contributed by atoms with Crippen LogP contribution in [0.3, 0.4) is 0 Å². The van der Waals surface area contributed by atoms with Crippen LogP contribution in [-0.2, 0) is 5.60 Å². The lowest BCUT2D eigenvalue weighted by Crippen LogP contribution is -2.50. The highest BCUT2D eigenvalue weighted by molar-refractivity contribution is 6.30. The molecule has 0 aromatic heterocycles. The van der Waals surface area contributed by atoms with Crippen molar-refractivity contribution in [1.29, 1.82) is 0 Å². The first kappa shape index (κ1) is 17.0. The van der Waals surface area contributed by atoms with Crippen LogP contribution in [0.5, 0.6) is 0 Å². The molecule has 0 radical (unpaired) electrons. The highest BCUT2D eigenvalue weighted by atomic mass is 35.5. The molecule has 2 heterocycles. The molecule has 1 aromatic carbocycles. The number of hydrogen-bond acceptors (Lipinski definition) is 4. The number of aliphatic hydroxyl groups excluding tert-OH is 1. The van der Waals surface area contributed by atoms with E-state index in [1.807, 2.05) is 24.3 Å². The summed E-state index contributed by atoms with van der Waals surface area (Å²) < 4.78 is 0. The molecular weight excluding hydrogens is 311 g/mol. The lowest BCUT2D eigenvalue weighted by molar-refractivity contribution is -0.0450. The third-order valence-corrected chi connectivity index (χ3v) is 4.88. The van der Waals surface area contributed by atoms with Crippen LogP contribution in [0.1, 0.15) is 18.4 Å². The average molecular weight is 333 g/mol. The molecule has 2 saturated heterocycles. The van der Waals surface area contributed by atoms with Gasteiger partial charge in [0.1, 0.15) is 0 Å². The van der Waals surface area contributed by atoms with E-state index in [9.17, 15) is 10.2 Å². The van der Waals surface area contributed by atoms with E-state index in [0.717, 1.165) is 25.2 Å². The third kappa shape index (κ3) is 3.52. The van der Waals surface area contributed by atoms with Crippen molar-refractivity contribution in [3.8, 4) is 0 Å². The van der Waals surface area contributed by atoms with Crippen LogP contribution < -0.4 is 5.32 Å². The Bertz CT molecular complexity index is 461. The lowest BCUT2D eigenvalue weighted by atomic mass is 9.84. The van der Waals surface area contributed by atoms with Gasteiger partial charge in [0.05, 0.1) is 11.7 Å². The quantitative estimate of drug-likeness (QED) is 0.765. The summed E-state index contributed by atoms with van der Waals surface area (Å²) in [5.41, 5.74) is 0.171. The number of likely N-dealkylation sites (tertiary alicyclic amines) is 1. The van der Waals surface area contributed by atoms with Crippen LogP contribution in [0, 0.1) is 0 Å². The van der Waals surface area contributed by atoms with Gasteiger partial charge in [-0.25, -0.2) is 0 Å². The topological polar surface area (TPSA) is 55.7 Å². The zero-order valence-electron chi connectivity index (χ0n) is 11.8. The van der Waals surface area contributed by atoms with E-state index in [2.05, 4.69) is 10.2 Å². The number of nitrogens with zero attached hydrogens (tertiary/aromatic N) is 1. The number of β-amino-alcohol motifs (C(OH)–C–C–N with tert-alkyl or cyclic N) is 1. The minimum Gasteiger partial charge on any atom is -0.390 e. The molecule has 0 saturated carbocycles. The van der Waals surface area contributed by atoms with Gasteiger partial charge < -0.3 is 15.5 Å². The van der Waals surface area contributed by atoms with E-state index in [4.69, 9.17) is 11.6 Å². The first-order valence-corrected chi connectivity index (χ1v) is 7.57. The molecule has 0 amide bonds. The Labute approximate surface area is 136 Å². The number of piperidine rings is 1. The Morgan fingerprint density at radius 1 is 1.14 bits per heavy atom. The number of halogens is 2. The molecule has 2 atom stereocenters. The molecule has 118 valence electrons. The Morgan fingerprint density at radius 2 is 1.76 bits per heavy atom. The predicted molar refractivity (Wildman–Crippen MR) is 86.1 cm³/mol. The maximum absolute atomic E-state index is 10.8. The van der Waals surface area contributed by atoms with E-state index in [0.29, 0.717) is 24.4 Å². The van der Waals surface area contributed by atoms with Gasteiger partial charge in [-0.2, -0.15) is 0 Å².